The van der Waals surface area contributed by atoms with Gasteiger partial charge in [0, 0.05) is 17.3 Å². The summed E-state index contributed by atoms with van der Waals surface area (Å²) >= 11 is 7.43. The van der Waals surface area contributed by atoms with E-state index in [0.29, 0.717) is 6.61 Å². The van der Waals surface area contributed by atoms with E-state index in [2.05, 4.69) is 0 Å². The number of rotatable bonds is 5. The summed E-state index contributed by atoms with van der Waals surface area (Å²) in [5.74, 6) is 0.854. The van der Waals surface area contributed by atoms with Gasteiger partial charge in [-0.2, -0.15) is 0 Å². The summed E-state index contributed by atoms with van der Waals surface area (Å²) in [7, 11) is 0. The van der Waals surface area contributed by atoms with E-state index in [9.17, 15) is 0 Å². The molecule has 0 aliphatic heterocycles. The molecular formula is C13H14ClNOS. The van der Waals surface area contributed by atoms with Crippen molar-refractivity contribution < 1.29 is 4.74 Å². The summed E-state index contributed by atoms with van der Waals surface area (Å²) in [6, 6.07) is 13.6. The normalized spacial score (nSPS) is 12.4. The monoisotopic (exact) mass is 267 g/mol. The zero-order valence-corrected chi connectivity index (χ0v) is 10.9. The highest BCUT2D eigenvalue weighted by molar-refractivity contribution is 7.16. The maximum absolute atomic E-state index is 6.00. The van der Waals surface area contributed by atoms with Gasteiger partial charge in [-0.3, -0.25) is 0 Å². The molecule has 2 N–H and O–H groups in total. The largest absolute Gasteiger partial charge is 0.492 e. The number of thiophene rings is 1. The molecule has 1 aromatic heterocycles. The minimum absolute atomic E-state index is 0.00933. The molecule has 0 radical (unpaired) electrons. The molecule has 0 saturated carbocycles. The summed E-state index contributed by atoms with van der Waals surface area (Å²) in [5, 5.41) is 0. The quantitative estimate of drug-likeness (QED) is 0.902. The van der Waals surface area contributed by atoms with Crippen LogP contribution in [0.2, 0.25) is 4.34 Å². The zero-order chi connectivity index (χ0) is 12.1. The van der Waals surface area contributed by atoms with Crippen LogP contribution in [0.15, 0.2) is 42.5 Å². The second kappa shape index (κ2) is 6.05. The van der Waals surface area contributed by atoms with E-state index < -0.39 is 0 Å². The van der Waals surface area contributed by atoms with Gasteiger partial charge in [0.1, 0.15) is 12.4 Å². The Morgan fingerprint density at radius 2 is 1.94 bits per heavy atom. The van der Waals surface area contributed by atoms with Crippen LogP contribution in [0.4, 0.5) is 0 Å². The molecule has 90 valence electrons. The minimum atomic E-state index is -0.00933. The van der Waals surface area contributed by atoms with Crippen LogP contribution in [0.25, 0.3) is 0 Å². The SMILES string of the molecule is NC(COc1ccccc1)Cc1ccc(Cl)s1. The maximum Gasteiger partial charge on any atom is 0.119 e. The molecule has 0 spiro atoms. The first-order chi connectivity index (χ1) is 8.24. The second-order valence-electron chi connectivity index (χ2n) is 3.79. The van der Waals surface area contributed by atoms with Crippen LogP contribution in [0.3, 0.4) is 0 Å². The van der Waals surface area contributed by atoms with Gasteiger partial charge < -0.3 is 10.5 Å². The molecule has 1 heterocycles. The molecule has 0 aliphatic carbocycles. The Morgan fingerprint density at radius 1 is 1.18 bits per heavy atom. The number of nitrogens with two attached hydrogens (primary N) is 1. The fraction of sp³-hybridized carbons (Fsp3) is 0.231. The van der Waals surface area contributed by atoms with Crippen LogP contribution < -0.4 is 10.5 Å². The van der Waals surface area contributed by atoms with E-state index in [1.54, 1.807) is 11.3 Å². The van der Waals surface area contributed by atoms with Crippen LogP contribution in [0.5, 0.6) is 5.75 Å². The highest BCUT2D eigenvalue weighted by Gasteiger charge is 2.07. The van der Waals surface area contributed by atoms with Gasteiger partial charge in [0.2, 0.25) is 0 Å². The van der Waals surface area contributed by atoms with E-state index in [0.717, 1.165) is 16.5 Å². The molecule has 2 nitrogen and oxygen atoms in total. The van der Waals surface area contributed by atoms with E-state index >= 15 is 0 Å². The topological polar surface area (TPSA) is 35.2 Å². The molecule has 1 unspecified atom stereocenters. The smallest absolute Gasteiger partial charge is 0.119 e. The predicted octanol–water partition coefficient (Wildman–Crippen LogP) is 3.35. The van der Waals surface area contributed by atoms with E-state index in [4.69, 9.17) is 22.1 Å². The highest BCUT2D eigenvalue weighted by Crippen LogP contribution is 2.22. The van der Waals surface area contributed by atoms with Crippen LogP contribution in [-0.2, 0) is 6.42 Å². The Bertz CT molecular complexity index is 457. The Balaban J connectivity index is 1.80. The van der Waals surface area contributed by atoms with E-state index in [1.165, 1.54) is 4.88 Å². The lowest BCUT2D eigenvalue weighted by Gasteiger charge is -2.12. The van der Waals surface area contributed by atoms with Crippen LogP contribution in [0, 0.1) is 0 Å². The van der Waals surface area contributed by atoms with Crippen molar-refractivity contribution in [1.29, 1.82) is 0 Å². The molecule has 17 heavy (non-hydrogen) atoms. The van der Waals surface area contributed by atoms with Crippen molar-refractivity contribution in [3.8, 4) is 5.75 Å². The molecule has 0 aliphatic rings. The summed E-state index contributed by atoms with van der Waals surface area (Å²) in [5.41, 5.74) is 6.00. The molecule has 0 bridgehead atoms. The summed E-state index contributed by atoms with van der Waals surface area (Å²) in [6.07, 6.45) is 0.796. The Kier molecular flexibility index (Phi) is 4.42. The minimum Gasteiger partial charge on any atom is -0.492 e. The standard InChI is InChI=1S/C13H14ClNOS/c14-13-7-6-12(17-13)8-10(15)9-16-11-4-2-1-3-5-11/h1-7,10H,8-9,15H2. The maximum atomic E-state index is 6.00. The first kappa shape index (κ1) is 12.4. The fourth-order valence-electron chi connectivity index (χ4n) is 1.50. The Hall–Kier alpha value is -1.03. The lowest BCUT2D eigenvalue weighted by Crippen LogP contribution is -2.29. The van der Waals surface area contributed by atoms with Gasteiger partial charge in [0.25, 0.3) is 0 Å². The van der Waals surface area contributed by atoms with Gasteiger partial charge in [-0.1, -0.05) is 29.8 Å². The molecule has 1 aromatic carbocycles. The first-order valence-corrected chi connectivity index (χ1v) is 6.61. The number of hydrogen-bond donors (Lipinski definition) is 1. The first-order valence-electron chi connectivity index (χ1n) is 5.41. The van der Waals surface area contributed by atoms with Crippen LogP contribution in [-0.4, -0.2) is 12.6 Å². The average molecular weight is 268 g/mol. The average Bonchev–Trinajstić information content (AvgIpc) is 2.73. The molecule has 0 amide bonds. The van der Waals surface area contributed by atoms with E-state index in [-0.39, 0.29) is 6.04 Å². The third kappa shape index (κ3) is 4.04. The summed E-state index contributed by atoms with van der Waals surface area (Å²) < 4.78 is 6.40. The Morgan fingerprint density at radius 3 is 2.59 bits per heavy atom. The molecule has 0 fully saturated rings. The van der Waals surface area contributed by atoms with Crippen molar-refractivity contribution in [1.82, 2.24) is 0 Å². The van der Waals surface area contributed by atoms with Gasteiger partial charge in [0.05, 0.1) is 4.34 Å². The van der Waals surface area contributed by atoms with Crippen LogP contribution >= 0.6 is 22.9 Å². The van der Waals surface area contributed by atoms with Gasteiger partial charge in [-0.15, -0.1) is 11.3 Å². The van der Waals surface area contributed by atoms with Crippen molar-refractivity contribution >= 4 is 22.9 Å². The zero-order valence-electron chi connectivity index (χ0n) is 9.30. The Labute approximate surface area is 110 Å². The molecule has 2 aromatic rings. The van der Waals surface area contributed by atoms with E-state index in [1.807, 2.05) is 42.5 Å². The van der Waals surface area contributed by atoms with Gasteiger partial charge in [0.15, 0.2) is 0 Å². The highest BCUT2D eigenvalue weighted by atomic mass is 35.5. The third-order valence-corrected chi connectivity index (χ3v) is 3.55. The number of hydrogen-bond acceptors (Lipinski definition) is 3. The summed E-state index contributed by atoms with van der Waals surface area (Å²) in [4.78, 5) is 1.19. The second-order valence-corrected chi connectivity index (χ2v) is 5.59. The number of ether oxygens (including phenoxy) is 1. The molecular weight excluding hydrogens is 254 g/mol. The summed E-state index contributed by atoms with van der Waals surface area (Å²) in [6.45, 7) is 0.513. The van der Waals surface area contributed by atoms with Gasteiger partial charge in [-0.25, -0.2) is 0 Å². The van der Waals surface area contributed by atoms with Crippen molar-refractivity contribution in [3.63, 3.8) is 0 Å². The van der Waals surface area contributed by atoms with Crippen molar-refractivity contribution in [2.75, 3.05) is 6.61 Å². The molecule has 1 atom stereocenters. The number of benzene rings is 1. The molecule has 4 heteroatoms. The number of halogens is 1. The van der Waals surface area contributed by atoms with Gasteiger partial charge >= 0.3 is 0 Å². The van der Waals surface area contributed by atoms with Crippen molar-refractivity contribution in [2.45, 2.75) is 12.5 Å². The number of para-hydroxylation sites is 1. The lowest BCUT2D eigenvalue weighted by molar-refractivity contribution is 0.288. The van der Waals surface area contributed by atoms with Crippen molar-refractivity contribution in [3.05, 3.63) is 51.7 Å². The van der Waals surface area contributed by atoms with Gasteiger partial charge in [-0.05, 0) is 24.3 Å². The van der Waals surface area contributed by atoms with Crippen LogP contribution in [0.1, 0.15) is 4.88 Å². The molecule has 0 saturated heterocycles. The third-order valence-electron chi connectivity index (χ3n) is 2.30. The lowest BCUT2D eigenvalue weighted by atomic mass is 10.2. The fourth-order valence-corrected chi connectivity index (χ4v) is 2.68. The van der Waals surface area contributed by atoms with Crippen molar-refractivity contribution in [2.24, 2.45) is 5.73 Å². The predicted molar refractivity (Wildman–Crippen MR) is 72.9 cm³/mol. The molecule has 2 rings (SSSR count).